The quantitative estimate of drug-likeness (QED) is 0.394. The highest BCUT2D eigenvalue weighted by molar-refractivity contribution is 7.16. The van der Waals surface area contributed by atoms with E-state index in [-0.39, 0.29) is 5.91 Å². The fourth-order valence-corrected chi connectivity index (χ4v) is 4.13. The van der Waals surface area contributed by atoms with Crippen LogP contribution in [0.3, 0.4) is 0 Å². The van der Waals surface area contributed by atoms with Crippen molar-refractivity contribution >= 4 is 27.5 Å². The van der Waals surface area contributed by atoms with Crippen LogP contribution in [-0.4, -0.2) is 17.6 Å². The van der Waals surface area contributed by atoms with Crippen LogP contribution < -0.4 is 14.3 Å². The number of carbonyl (C=O) groups is 1. The van der Waals surface area contributed by atoms with E-state index in [2.05, 4.69) is 11.6 Å². The van der Waals surface area contributed by atoms with Crippen molar-refractivity contribution in [3.05, 3.63) is 95.8 Å². The summed E-state index contributed by atoms with van der Waals surface area (Å²) in [7, 11) is 1.63. The molecule has 0 unspecified atom stereocenters. The average molecular weight is 417 g/mol. The number of para-hydroxylation sites is 2. The van der Waals surface area contributed by atoms with Crippen LogP contribution in [0.15, 0.2) is 90.4 Å². The SMILES string of the molecule is C=CCn1c(=NC(=O)c2ccccc2Oc2ccccc2)sc2cc(OC)ccc21. The second-order valence-electron chi connectivity index (χ2n) is 6.45. The van der Waals surface area contributed by atoms with Crippen LogP contribution in [0.1, 0.15) is 10.4 Å². The molecule has 0 aliphatic rings. The maximum absolute atomic E-state index is 13.1. The molecule has 0 aliphatic carbocycles. The topological polar surface area (TPSA) is 52.8 Å². The molecule has 0 N–H and O–H groups in total. The van der Waals surface area contributed by atoms with Crippen LogP contribution in [0.4, 0.5) is 0 Å². The molecule has 0 saturated heterocycles. The standard InChI is InChI=1S/C24H20N2O3S/c1-3-15-26-20-14-13-18(28-2)16-22(20)30-24(26)25-23(27)19-11-7-8-12-21(19)29-17-9-5-4-6-10-17/h3-14,16H,1,15H2,2H3. The van der Waals surface area contributed by atoms with Gasteiger partial charge < -0.3 is 14.0 Å². The lowest BCUT2D eigenvalue weighted by Crippen LogP contribution is -2.16. The molecule has 1 aromatic heterocycles. The van der Waals surface area contributed by atoms with E-state index in [9.17, 15) is 4.79 Å². The molecule has 3 aromatic carbocycles. The van der Waals surface area contributed by atoms with Gasteiger partial charge in [0, 0.05) is 6.54 Å². The Morgan fingerprint density at radius 2 is 1.83 bits per heavy atom. The Hall–Kier alpha value is -3.64. The van der Waals surface area contributed by atoms with Gasteiger partial charge in [-0.1, -0.05) is 47.7 Å². The summed E-state index contributed by atoms with van der Waals surface area (Å²) in [5, 5.41) is 0. The molecule has 1 heterocycles. The van der Waals surface area contributed by atoms with Gasteiger partial charge >= 0.3 is 0 Å². The summed E-state index contributed by atoms with van der Waals surface area (Å²) in [5.41, 5.74) is 1.38. The Kier molecular flexibility index (Phi) is 5.77. The Bertz CT molecular complexity index is 1270. The Labute approximate surface area is 178 Å². The van der Waals surface area contributed by atoms with Crippen molar-refractivity contribution in [2.75, 3.05) is 7.11 Å². The maximum atomic E-state index is 13.1. The third-order valence-electron chi connectivity index (χ3n) is 4.49. The third-order valence-corrected chi connectivity index (χ3v) is 5.53. The monoisotopic (exact) mass is 416 g/mol. The summed E-state index contributed by atoms with van der Waals surface area (Å²) >= 11 is 1.43. The molecule has 4 aromatic rings. The fraction of sp³-hybridized carbons (Fsp3) is 0.0833. The molecule has 6 heteroatoms. The summed E-state index contributed by atoms with van der Waals surface area (Å²) in [4.78, 5) is 18.1. The number of fused-ring (bicyclic) bond motifs is 1. The van der Waals surface area contributed by atoms with Gasteiger partial charge in [0.2, 0.25) is 0 Å². The van der Waals surface area contributed by atoms with Crippen LogP contribution in [0.5, 0.6) is 17.2 Å². The van der Waals surface area contributed by atoms with Crippen molar-refractivity contribution in [2.24, 2.45) is 4.99 Å². The van der Waals surface area contributed by atoms with Crippen molar-refractivity contribution in [2.45, 2.75) is 6.54 Å². The molecule has 0 aliphatic heterocycles. The molecule has 4 rings (SSSR count). The fourth-order valence-electron chi connectivity index (χ4n) is 3.07. The van der Waals surface area contributed by atoms with Crippen LogP contribution >= 0.6 is 11.3 Å². The van der Waals surface area contributed by atoms with Gasteiger partial charge in [0.25, 0.3) is 5.91 Å². The van der Waals surface area contributed by atoms with Gasteiger partial charge in [0.05, 0.1) is 22.9 Å². The van der Waals surface area contributed by atoms with Gasteiger partial charge in [-0.3, -0.25) is 4.79 Å². The predicted molar refractivity (Wildman–Crippen MR) is 119 cm³/mol. The van der Waals surface area contributed by atoms with Crippen LogP contribution in [0.2, 0.25) is 0 Å². The second-order valence-corrected chi connectivity index (χ2v) is 7.45. The minimum Gasteiger partial charge on any atom is -0.497 e. The van der Waals surface area contributed by atoms with Crippen molar-refractivity contribution in [1.82, 2.24) is 4.57 Å². The molecule has 0 fully saturated rings. The number of hydrogen-bond donors (Lipinski definition) is 0. The van der Waals surface area contributed by atoms with Crippen LogP contribution in [-0.2, 0) is 6.54 Å². The molecule has 30 heavy (non-hydrogen) atoms. The number of thiazole rings is 1. The maximum Gasteiger partial charge on any atom is 0.283 e. The molecular formula is C24H20N2O3S. The van der Waals surface area contributed by atoms with E-state index in [0.717, 1.165) is 16.0 Å². The molecule has 0 spiro atoms. The van der Waals surface area contributed by atoms with E-state index >= 15 is 0 Å². The number of allylic oxidation sites excluding steroid dienone is 1. The normalized spacial score (nSPS) is 11.4. The Morgan fingerprint density at radius 3 is 2.60 bits per heavy atom. The summed E-state index contributed by atoms with van der Waals surface area (Å²) < 4.78 is 14.2. The van der Waals surface area contributed by atoms with Gasteiger partial charge in [-0.25, -0.2) is 0 Å². The molecule has 0 radical (unpaired) electrons. The smallest absolute Gasteiger partial charge is 0.283 e. The molecule has 0 atom stereocenters. The lowest BCUT2D eigenvalue weighted by molar-refractivity contribution is 0.0995. The number of amides is 1. The number of ether oxygens (including phenoxy) is 2. The van der Waals surface area contributed by atoms with E-state index in [1.54, 1.807) is 31.4 Å². The molecule has 5 nitrogen and oxygen atoms in total. The van der Waals surface area contributed by atoms with Crippen LogP contribution in [0.25, 0.3) is 10.2 Å². The number of carbonyl (C=O) groups excluding carboxylic acids is 1. The molecule has 0 saturated carbocycles. The second kappa shape index (κ2) is 8.80. The van der Waals surface area contributed by atoms with E-state index in [1.165, 1.54) is 11.3 Å². The van der Waals surface area contributed by atoms with Crippen molar-refractivity contribution in [3.63, 3.8) is 0 Å². The number of aromatic nitrogens is 1. The molecule has 150 valence electrons. The first-order chi connectivity index (χ1) is 14.7. The van der Waals surface area contributed by atoms with E-state index in [0.29, 0.717) is 28.4 Å². The van der Waals surface area contributed by atoms with Crippen LogP contribution in [0, 0.1) is 0 Å². The first-order valence-corrected chi connectivity index (χ1v) is 10.2. The Morgan fingerprint density at radius 1 is 1.07 bits per heavy atom. The Balaban J connectivity index is 1.77. The number of benzene rings is 3. The highest BCUT2D eigenvalue weighted by Crippen LogP contribution is 2.26. The lowest BCUT2D eigenvalue weighted by atomic mass is 10.2. The largest absolute Gasteiger partial charge is 0.497 e. The predicted octanol–water partition coefficient (Wildman–Crippen LogP) is 5.43. The van der Waals surface area contributed by atoms with Crippen molar-refractivity contribution < 1.29 is 14.3 Å². The molecular weight excluding hydrogens is 396 g/mol. The van der Waals surface area contributed by atoms with E-state index < -0.39 is 0 Å². The number of nitrogens with zero attached hydrogens (tertiary/aromatic N) is 2. The van der Waals surface area contributed by atoms with Gasteiger partial charge in [0.15, 0.2) is 4.80 Å². The zero-order chi connectivity index (χ0) is 20.9. The summed E-state index contributed by atoms with van der Waals surface area (Å²) in [6, 6.07) is 22.3. The van der Waals surface area contributed by atoms with Crippen molar-refractivity contribution in [1.29, 1.82) is 0 Å². The van der Waals surface area contributed by atoms with Crippen molar-refractivity contribution in [3.8, 4) is 17.2 Å². The third kappa shape index (κ3) is 4.04. The van der Waals surface area contributed by atoms with Gasteiger partial charge in [-0.05, 0) is 42.5 Å². The first-order valence-electron chi connectivity index (χ1n) is 9.39. The van der Waals surface area contributed by atoms with E-state index in [4.69, 9.17) is 9.47 Å². The average Bonchev–Trinajstić information content (AvgIpc) is 3.11. The highest BCUT2D eigenvalue weighted by Gasteiger charge is 2.14. The first kappa shape index (κ1) is 19.7. The number of methoxy groups -OCH3 is 1. The van der Waals surface area contributed by atoms with Gasteiger partial charge in [-0.15, -0.1) is 6.58 Å². The lowest BCUT2D eigenvalue weighted by Gasteiger charge is -2.08. The summed E-state index contributed by atoms with van der Waals surface area (Å²) in [6.07, 6.45) is 1.78. The molecule has 0 bridgehead atoms. The number of hydrogen-bond acceptors (Lipinski definition) is 4. The van der Waals surface area contributed by atoms with E-state index in [1.807, 2.05) is 59.2 Å². The number of rotatable bonds is 6. The zero-order valence-corrected chi connectivity index (χ0v) is 17.3. The zero-order valence-electron chi connectivity index (χ0n) is 16.4. The van der Waals surface area contributed by atoms with Gasteiger partial charge in [0.1, 0.15) is 17.2 Å². The minimum absolute atomic E-state index is 0.363. The van der Waals surface area contributed by atoms with Gasteiger partial charge in [-0.2, -0.15) is 4.99 Å². The highest BCUT2D eigenvalue weighted by atomic mass is 32.1. The minimum atomic E-state index is -0.363. The summed E-state index contributed by atoms with van der Waals surface area (Å²) in [6.45, 7) is 4.37. The molecule has 1 amide bonds. The summed E-state index contributed by atoms with van der Waals surface area (Å²) in [5.74, 6) is 1.52.